The molecule has 0 saturated carbocycles. The predicted molar refractivity (Wildman–Crippen MR) is 143 cm³/mol. The summed E-state index contributed by atoms with van der Waals surface area (Å²) < 4.78 is 27.8. The quantitative estimate of drug-likeness (QED) is 0.378. The molecular formula is C29H31F2N5O4. The van der Waals surface area contributed by atoms with Crippen LogP contribution in [0.3, 0.4) is 0 Å². The lowest BCUT2D eigenvalue weighted by Gasteiger charge is -2.48. The van der Waals surface area contributed by atoms with Crippen molar-refractivity contribution in [3.05, 3.63) is 101 Å². The van der Waals surface area contributed by atoms with Crippen LogP contribution >= 0.6 is 0 Å². The zero-order valence-electron chi connectivity index (χ0n) is 22.0. The first-order chi connectivity index (χ1) is 19.2. The van der Waals surface area contributed by atoms with Crippen LogP contribution in [-0.4, -0.2) is 76.1 Å². The van der Waals surface area contributed by atoms with E-state index in [1.807, 2.05) is 30.3 Å². The second-order valence-electron chi connectivity index (χ2n) is 9.56. The van der Waals surface area contributed by atoms with E-state index in [-0.39, 0.29) is 49.9 Å². The van der Waals surface area contributed by atoms with Crippen molar-refractivity contribution < 1.29 is 28.3 Å². The van der Waals surface area contributed by atoms with Crippen molar-refractivity contribution in [2.24, 2.45) is 0 Å². The van der Waals surface area contributed by atoms with Crippen molar-refractivity contribution >= 4 is 18.3 Å². The highest BCUT2D eigenvalue weighted by Crippen LogP contribution is 2.21. The molecule has 1 heterocycles. The van der Waals surface area contributed by atoms with E-state index in [0.29, 0.717) is 12.8 Å². The van der Waals surface area contributed by atoms with Crippen LogP contribution in [0.2, 0.25) is 0 Å². The van der Waals surface area contributed by atoms with Gasteiger partial charge in [-0.15, -0.1) is 0 Å². The van der Waals surface area contributed by atoms with Gasteiger partial charge in [-0.1, -0.05) is 48.5 Å². The number of carbonyl (C=O) groups excluding carboxylic acids is 3. The van der Waals surface area contributed by atoms with Crippen molar-refractivity contribution in [2.75, 3.05) is 26.7 Å². The molecule has 4 rings (SSSR count). The molecule has 0 spiro atoms. The third-order valence-corrected chi connectivity index (χ3v) is 6.70. The average Bonchev–Trinajstić information content (AvgIpc) is 2.94. The molecular weight excluding hydrogens is 520 g/mol. The van der Waals surface area contributed by atoms with Crippen LogP contribution in [0.1, 0.15) is 16.7 Å². The maximum Gasteiger partial charge on any atom is 0.334 e. The van der Waals surface area contributed by atoms with Gasteiger partial charge in [-0.2, -0.15) is 0 Å². The number of hydrogen-bond donors (Lipinski definition) is 2. The summed E-state index contributed by atoms with van der Waals surface area (Å²) in [6.07, 6.45) is 0.0345. The highest BCUT2D eigenvalue weighted by Gasteiger charge is 2.41. The molecule has 0 aliphatic carbocycles. The third kappa shape index (κ3) is 7.11. The van der Waals surface area contributed by atoms with Gasteiger partial charge in [0.05, 0.1) is 13.1 Å². The highest BCUT2D eigenvalue weighted by molar-refractivity contribution is 5.82. The van der Waals surface area contributed by atoms with Gasteiger partial charge in [-0.25, -0.2) is 23.6 Å². The van der Waals surface area contributed by atoms with Gasteiger partial charge in [0.1, 0.15) is 23.5 Å². The number of hydrogen-bond acceptors (Lipinski definition) is 5. The van der Waals surface area contributed by atoms with E-state index in [1.54, 1.807) is 31.3 Å². The first-order valence-electron chi connectivity index (χ1n) is 12.8. The summed E-state index contributed by atoms with van der Waals surface area (Å²) in [6.45, 7) is 0.0943. The Hall–Kier alpha value is -4.51. The van der Waals surface area contributed by atoms with Gasteiger partial charge in [0.2, 0.25) is 12.3 Å². The molecule has 0 bridgehead atoms. The Morgan fingerprint density at radius 3 is 2.48 bits per heavy atom. The molecule has 11 heteroatoms. The predicted octanol–water partition coefficient (Wildman–Crippen LogP) is 3.10. The van der Waals surface area contributed by atoms with Crippen molar-refractivity contribution in [2.45, 2.75) is 25.7 Å². The van der Waals surface area contributed by atoms with Crippen molar-refractivity contribution in [1.29, 1.82) is 0 Å². The molecule has 40 heavy (non-hydrogen) atoms. The topological polar surface area (TPSA) is 96.4 Å². The molecule has 0 aromatic heterocycles. The lowest BCUT2D eigenvalue weighted by atomic mass is 10.1. The molecule has 3 aromatic rings. The van der Waals surface area contributed by atoms with E-state index >= 15 is 0 Å². The number of nitrogens with zero attached hydrogens (tertiary/aromatic N) is 4. The summed E-state index contributed by atoms with van der Waals surface area (Å²) in [5.41, 5.74) is 1.84. The Kier molecular flexibility index (Phi) is 9.28. The largest absolute Gasteiger partial charge is 0.508 e. The Morgan fingerprint density at radius 2 is 1.80 bits per heavy atom. The van der Waals surface area contributed by atoms with E-state index in [9.17, 15) is 28.3 Å². The van der Waals surface area contributed by atoms with E-state index < -0.39 is 23.8 Å². The molecule has 1 fully saturated rings. The maximum atomic E-state index is 14.4. The van der Waals surface area contributed by atoms with Gasteiger partial charge in [-0.3, -0.25) is 9.59 Å². The molecule has 0 radical (unpaired) electrons. The zero-order valence-corrected chi connectivity index (χ0v) is 22.0. The number of nitrogens with one attached hydrogen (secondary N) is 1. The number of likely N-dealkylation sites (N-methyl/N-ethyl adjacent to an activating group) is 1. The summed E-state index contributed by atoms with van der Waals surface area (Å²) in [4.78, 5) is 41.6. The number of benzene rings is 3. The zero-order chi connectivity index (χ0) is 28.6. The standard InChI is InChI=1S/C29H31F2N5O4/c1-33-19-28(39)35(14-13-21-7-11-25(38)12-8-21)27(36(33)29(40)32-16-22-5-3-2-4-6-22)18-34(20-37)17-23-9-10-24(30)15-26(23)31/h2-12,15,20,27,38H,13-14,16-19H2,1H3,(H,32,40). The summed E-state index contributed by atoms with van der Waals surface area (Å²) in [5.74, 6) is -1.67. The molecule has 3 aromatic carbocycles. The molecule has 1 aliphatic heterocycles. The molecule has 1 saturated heterocycles. The highest BCUT2D eigenvalue weighted by atomic mass is 19.1. The van der Waals surface area contributed by atoms with Gasteiger partial charge in [0.15, 0.2) is 0 Å². The van der Waals surface area contributed by atoms with Gasteiger partial charge in [-0.05, 0) is 35.7 Å². The lowest BCUT2D eigenvalue weighted by Crippen LogP contribution is -2.69. The van der Waals surface area contributed by atoms with Crippen LogP contribution < -0.4 is 5.32 Å². The second kappa shape index (κ2) is 13.0. The first kappa shape index (κ1) is 28.5. The van der Waals surface area contributed by atoms with E-state index in [2.05, 4.69) is 5.32 Å². The van der Waals surface area contributed by atoms with Crippen molar-refractivity contribution in [1.82, 2.24) is 25.1 Å². The number of rotatable bonds is 10. The maximum absolute atomic E-state index is 14.4. The number of phenols is 1. The minimum absolute atomic E-state index is 0.0709. The van der Waals surface area contributed by atoms with E-state index in [4.69, 9.17) is 0 Å². The normalized spacial score (nSPS) is 15.7. The summed E-state index contributed by atoms with van der Waals surface area (Å²) in [7, 11) is 1.61. The summed E-state index contributed by atoms with van der Waals surface area (Å²) in [6, 6.07) is 18.5. The van der Waals surface area contributed by atoms with Crippen LogP contribution in [0.5, 0.6) is 5.75 Å². The fourth-order valence-electron chi connectivity index (χ4n) is 4.62. The Bertz CT molecular complexity index is 1330. The van der Waals surface area contributed by atoms with E-state index in [0.717, 1.165) is 23.3 Å². The fraction of sp³-hybridized carbons (Fsp3) is 0.276. The lowest BCUT2D eigenvalue weighted by molar-refractivity contribution is -0.165. The Morgan fingerprint density at radius 1 is 1.07 bits per heavy atom. The molecule has 9 nitrogen and oxygen atoms in total. The number of hydrazine groups is 1. The number of amides is 4. The van der Waals surface area contributed by atoms with E-state index in [1.165, 1.54) is 25.9 Å². The van der Waals surface area contributed by atoms with Crippen LogP contribution in [0, 0.1) is 11.6 Å². The minimum Gasteiger partial charge on any atom is -0.508 e. The van der Waals surface area contributed by atoms with Crippen molar-refractivity contribution in [3.63, 3.8) is 0 Å². The SMILES string of the molecule is CN1CC(=O)N(CCc2ccc(O)cc2)C(CN(C=O)Cc2ccc(F)cc2F)N1C(=O)NCc1ccccc1. The minimum atomic E-state index is -0.909. The van der Waals surface area contributed by atoms with Crippen LogP contribution in [0.25, 0.3) is 0 Å². The smallest absolute Gasteiger partial charge is 0.334 e. The molecule has 1 aliphatic rings. The summed E-state index contributed by atoms with van der Waals surface area (Å²) >= 11 is 0. The number of phenolic OH excluding ortho intramolecular Hbond substituents is 1. The third-order valence-electron chi connectivity index (χ3n) is 6.70. The van der Waals surface area contributed by atoms with Gasteiger partial charge in [0.25, 0.3) is 0 Å². The number of urea groups is 1. The number of carbonyl (C=O) groups is 3. The van der Waals surface area contributed by atoms with Gasteiger partial charge >= 0.3 is 6.03 Å². The van der Waals surface area contributed by atoms with Crippen molar-refractivity contribution in [3.8, 4) is 5.75 Å². The van der Waals surface area contributed by atoms with Crippen LogP contribution in [0.4, 0.5) is 13.6 Å². The summed E-state index contributed by atoms with van der Waals surface area (Å²) in [5, 5.41) is 15.3. The van der Waals surface area contributed by atoms with Gasteiger partial charge < -0.3 is 20.2 Å². The Labute approximate surface area is 231 Å². The molecule has 210 valence electrons. The van der Waals surface area contributed by atoms with Gasteiger partial charge in [0, 0.05) is 38.3 Å². The number of aromatic hydroxyl groups is 1. The number of halogens is 2. The average molecular weight is 552 g/mol. The van der Waals surface area contributed by atoms with Crippen LogP contribution in [0.15, 0.2) is 72.8 Å². The molecule has 1 atom stereocenters. The molecule has 1 unspecified atom stereocenters. The second-order valence-corrected chi connectivity index (χ2v) is 9.56. The Balaban J connectivity index is 1.58. The monoisotopic (exact) mass is 551 g/mol. The first-order valence-corrected chi connectivity index (χ1v) is 12.8. The molecule has 4 amide bonds. The van der Waals surface area contributed by atoms with Crippen LogP contribution in [-0.2, 0) is 29.1 Å². The fourth-order valence-corrected chi connectivity index (χ4v) is 4.62. The molecule has 2 N–H and O–H groups in total.